The molecule has 0 aliphatic rings. The predicted molar refractivity (Wildman–Crippen MR) is 43.9 cm³/mol. The summed E-state index contributed by atoms with van der Waals surface area (Å²) >= 11 is 5.88. The number of rotatable bonds is 1. The van der Waals surface area contributed by atoms with Crippen LogP contribution in [-0.4, -0.2) is 29.5 Å². The number of nitrogens with zero attached hydrogens (tertiary/aromatic N) is 4. The number of anilines is 1. The molecule has 0 spiro atoms. The Kier molecular flexibility index (Phi) is 2.24. The fraction of sp³-hybridized carbons (Fsp3) is 0.500. The second-order valence-electron chi connectivity index (χ2n) is 2.41. The highest BCUT2D eigenvalue weighted by molar-refractivity contribution is 6.33. The zero-order valence-electron chi connectivity index (χ0n) is 6.67. The maximum absolute atomic E-state index is 5.88. The van der Waals surface area contributed by atoms with Crippen LogP contribution in [0.4, 0.5) is 5.82 Å². The summed E-state index contributed by atoms with van der Waals surface area (Å²) in [6.07, 6.45) is 0. The van der Waals surface area contributed by atoms with E-state index in [-0.39, 0.29) is 0 Å². The summed E-state index contributed by atoms with van der Waals surface area (Å²) in [4.78, 5) is 1.80. The first-order chi connectivity index (χ1) is 5.13. The Morgan fingerprint density at radius 3 is 2.36 bits per heavy atom. The van der Waals surface area contributed by atoms with Crippen molar-refractivity contribution in [2.24, 2.45) is 0 Å². The molecule has 0 atom stereocenters. The van der Waals surface area contributed by atoms with Gasteiger partial charge in [0, 0.05) is 14.1 Å². The van der Waals surface area contributed by atoms with Crippen LogP contribution in [0.1, 0.15) is 5.69 Å². The summed E-state index contributed by atoms with van der Waals surface area (Å²) in [5.74, 6) is 0.652. The van der Waals surface area contributed by atoms with Crippen molar-refractivity contribution in [3.63, 3.8) is 0 Å². The van der Waals surface area contributed by atoms with E-state index in [1.807, 2.05) is 14.1 Å². The van der Waals surface area contributed by atoms with E-state index in [0.29, 0.717) is 16.5 Å². The fourth-order valence-electron chi connectivity index (χ4n) is 0.667. The average Bonchev–Trinajstić information content (AvgIpc) is 1.94. The largest absolute Gasteiger partial charge is 0.360 e. The minimum absolute atomic E-state index is 0.560. The zero-order chi connectivity index (χ0) is 8.43. The van der Waals surface area contributed by atoms with Crippen LogP contribution in [0, 0.1) is 6.92 Å². The molecule has 0 radical (unpaired) electrons. The Morgan fingerprint density at radius 1 is 1.27 bits per heavy atom. The Balaban J connectivity index is 3.17. The Hall–Kier alpha value is -0.900. The Labute approximate surface area is 70.2 Å². The maximum atomic E-state index is 5.88. The molecule has 0 aromatic carbocycles. The molecule has 0 aliphatic carbocycles. The first-order valence-corrected chi connectivity index (χ1v) is 3.53. The summed E-state index contributed by atoms with van der Waals surface area (Å²) in [7, 11) is 3.71. The summed E-state index contributed by atoms with van der Waals surface area (Å²) in [6, 6.07) is 0. The first-order valence-electron chi connectivity index (χ1n) is 3.15. The maximum Gasteiger partial charge on any atom is 0.173 e. The molecular weight excluding hydrogens is 164 g/mol. The molecule has 5 heteroatoms. The molecule has 1 rings (SSSR count). The van der Waals surface area contributed by atoms with Crippen molar-refractivity contribution in [2.75, 3.05) is 19.0 Å². The smallest absolute Gasteiger partial charge is 0.173 e. The van der Waals surface area contributed by atoms with Crippen LogP contribution in [-0.2, 0) is 0 Å². The molecule has 0 saturated carbocycles. The fourth-order valence-corrected chi connectivity index (χ4v) is 0.912. The molecule has 0 amide bonds. The first kappa shape index (κ1) is 8.20. The molecule has 1 aromatic rings. The van der Waals surface area contributed by atoms with Crippen molar-refractivity contribution in [1.82, 2.24) is 15.4 Å². The van der Waals surface area contributed by atoms with Gasteiger partial charge in [-0.15, -0.1) is 10.2 Å². The lowest BCUT2D eigenvalue weighted by Gasteiger charge is -2.11. The number of aryl methyl sites for hydroxylation is 1. The van der Waals surface area contributed by atoms with Crippen molar-refractivity contribution in [3.05, 3.63) is 10.7 Å². The van der Waals surface area contributed by atoms with Gasteiger partial charge in [0.1, 0.15) is 5.02 Å². The summed E-state index contributed by atoms with van der Waals surface area (Å²) < 4.78 is 0. The molecule has 0 unspecified atom stereocenters. The minimum Gasteiger partial charge on any atom is -0.360 e. The molecule has 11 heavy (non-hydrogen) atoms. The van der Waals surface area contributed by atoms with Gasteiger partial charge >= 0.3 is 0 Å². The zero-order valence-corrected chi connectivity index (χ0v) is 7.42. The molecule has 0 aliphatic heterocycles. The van der Waals surface area contributed by atoms with Crippen molar-refractivity contribution in [1.29, 1.82) is 0 Å². The van der Waals surface area contributed by atoms with E-state index in [1.54, 1.807) is 11.8 Å². The van der Waals surface area contributed by atoms with Gasteiger partial charge in [-0.1, -0.05) is 11.6 Å². The topological polar surface area (TPSA) is 41.9 Å². The van der Waals surface area contributed by atoms with Crippen LogP contribution in [0.3, 0.4) is 0 Å². The molecule has 4 nitrogen and oxygen atoms in total. The van der Waals surface area contributed by atoms with E-state index in [1.165, 1.54) is 0 Å². The SMILES string of the molecule is Cc1nnnc(N(C)C)c1Cl. The second-order valence-corrected chi connectivity index (χ2v) is 2.78. The lowest BCUT2D eigenvalue weighted by molar-refractivity contribution is 0.823. The molecule has 1 aromatic heterocycles. The van der Waals surface area contributed by atoms with Crippen molar-refractivity contribution >= 4 is 17.4 Å². The highest BCUT2D eigenvalue weighted by atomic mass is 35.5. The van der Waals surface area contributed by atoms with E-state index in [0.717, 1.165) is 0 Å². The third-order valence-electron chi connectivity index (χ3n) is 1.27. The van der Waals surface area contributed by atoms with Gasteiger partial charge in [-0.05, 0) is 12.1 Å². The van der Waals surface area contributed by atoms with Gasteiger partial charge in [0.05, 0.1) is 5.69 Å². The van der Waals surface area contributed by atoms with E-state index in [9.17, 15) is 0 Å². The highest BCUT2D eigenvalue weighted by Gasteiger charge is 2.07. The molecule has 60 valence electrons. The van der Waals surface area contributed by atoms with Crippen LogP contribution in [0.15, 0.2) is 0 Å². The monoisotopic (exact) mass is 172 g/mol. The summed E-state index contributed by atoms with van der Waals surface area (Å²) in [6.45, 7) is 1.80. The van der Waals surface area contributed by atoms with Gasteiger partial charge < -0.3 is 4.90 Å². The quantitative estimate of drug-likeness (QED) is 0.631. The lowest BCUT2D eigenvalue weighted by Crippen LogP contribution is -2.13. The molecular formula is C6H9ClN4. The van der Waals surface area contributed by atoms with Crippen molar-refractivity contribution < 1.29 is 0 Å². The van der Waals surface area contributed by atoms with E-state index < -0.39 is 0 Å². The number of hydrogen-bond acceptors (Lipinski definition) is 4. The molecule has 0 fully saturated rings. The van der Waals surface area contributed by atoms with Gasteiger partial charge in [-0.3, -0.25) is 0 Å². The summed E-state index contributed by atoms with van der Waals surface area (Å²) in [5.41, 5.74) is 0.699. The van der Waals surface area contributed by atoms with Crippen molar-refractivity contribution in [2.45, 2.75) is 6.92 Å². The predicted octanol–water partition coefficient (Wildman–Crippen LogP) is 0.899. The highest BCUT2D eigenvalue weighted by Crippen LogP contribution is 2.21. The van der Waals surface area contributed by atoms with Crippen molar-refractivity contribution in [3.8, 4) is 0 Å². The third kappa shape index (κ3) is 1.57. The second kappa shape index (κ2) is 3.00. The van der Waals surface area contributed by atoms with Gasteiger partial charge in [0.15, 0.2) is 5.82 Å². The van der Waals surface area contributed by atoms with Gasteiger partial charge in [-0.2, -0.15) is 0 Å². The average molecular weight is 173 g/mol. The van der Waals surface area contributed by atoms with E-state index in [2.05, 4.69) is 15.4 Å². The lowest BCUT2D eigenvalue weighted by atomic mass is 10.4. The molecule has 0 saturated heterocycles. The summed E-state index contributed by atoms with van der Waals surface area (Å²) in [5, 5.41) is 11.6. The molecule has 0 bridgehead atoms. The van der Waals surface area contributed by atoms with E-state index in [4.69, 9.17) is 11.6 Å². The number of halogens is 1. The number of hydrogen-bond donors (Lipinski definition) is 0. The van der Waals surface area contributed by atoms with Crippen LogP contribution < -0.4 is 4.90 Å². The standard InChI is InChI=1S/C6H9ClN4/c1-4-5(7)6(11(2)3)9-10-8-4/h1-3H3. The van der Waals surface area contributed by atoms with Crippen LogP contribution >= 0.6 is 11.6 Å². The van der Waals surface area contributed by atoms with Gasteiger partial charge in [0.25, 0.3) is 0 Å². The van der Waals surface area contributed by atoms with Crippen LogP contribution in [0.5, 0.6) is 0 Å². The normalized spacial score (nSPS) is 9.82. The minimum atomic E-state index is 0.560. The molecule has 1 heterocycles. The Bertz CT molecular complexity index is 261. The van der Waals surface area contributed by atoms with Gasteiger partial charge in [0.2, 0.25) is 0 Å². The third-order valence-corrected chi connectivity index (χ3v) is 1.71. The molecule has 0 N–H and O–H groups in total. The number of aromatic nitrogens is 3. The Morgan fingerprint density at radius 2 is 1.91 bits per heavy atom. The van der Waals surface area contributed by atoms with Gasteiger partial charge in [-0.25, -0.2) is 0 Å². The van der Waals surface area contributed by atoms with E-state index >= 15 is 0 Å². The van der Waals surface area contributed by atoms with Crippen LogP contribution in [0.25, 0.3) is 0 Å². The van der Waals surface area contributed by atoms with Crippen LogP contribution in [0.2, 0.25) is 5.02 Å².